The summed E-state index contributed by atoms with van der Waals surface area (Å²) in [6.45, 7) is 3.74. The third-order valence-corrected chi connectivity index (χ3v) is 12.6. The summed E-state index contributed by atoms with van der Waals surface area (Å²) in [6, 6.07) is -0.820. The Morgan fingerprint density at radius 1 is 0.531 bits per heavy atom. The number of hydrogen-bond donors (Lipinski definition) is 6. The third-order valence-electron chi connectivity index (χ3n) is 12.6. The van der Waals surface area contributed by atoms with Crippen LogP contribution in [0.4, 0.5) is 0 Å². The molecule has 64 heavy (non-hydrogen) atoms. The molecule has 9 heteroatoms. The predicted molar refractivity (Wildman–Crippen MR) is 267 cm³/mol. The first-order chi connectivity index (χ1) is 31.3. The van der Waals surface area contributed by atoms with Crippen molar-refractivity contribution in [3.8, 4) is 0 Å². The van der Waals surface area contributed by atoms with Gasteiger partial charge in [0.2, 0.25) is 5.91 Å². The summed E-state index contributed by atoms with van der Waals surface area (Å²) in [5.74, 6) is -0.187. The van der Waals surface area contributed by atoms with Crippen LogP contribution in [0.25, 0.3) is 0 Å². The number of hydrogen-bond acceptors (Lipinski definition) is 8. The van der Waals surface area contributed by atoms with Crippen LogP contribution in [-0.2, 0) is 14.3 Å². The van der Waals surface area contributed by atoms with E-state index in [-0.39, 0.29) is 12.5 Å². The number of carbonyl (C=O) groups excluding carboxylic acids is 1. The van der Waals surface area contributed by atoms with Crippen molar-refractivity contribution in [2.75, 3.05) is 13.2 Å². The Labute approximate surface area is 393 Å². The summed E-state index contributed by atoms with van der Waals surface area (Å²) >= 11 is 0. The summed E-state index contributed by atoms with van der Waals surface area (Å²) in [4.78, 5) is 13.0. The molecule has 0 radical (unpaired) electrons. The fourth-order valence-corrected chi connectivity index (χ4v) is 8.32. The Kier molecular flexibility index (Phi) is 42.3. The van der Waals surface area contributed by atoms with Gasteiger partial charge < -0.3 is 40.3 Å². The smallest absolute Gasteiger partial charge is 0.220 e. The van der Waals surface area contributed by atoms with Gasteiger partial charge in [0.05, 0.1) is 25.4 Å². The van der Waals surface area contributed by atoms with Crippen LogP contribution in [0.15, 0.2) is 48.6 Å². The summed E-state index contributed by atoms with van der Waals surface area (Å²) < 4.78 is 11.2. The lowest BCUT2D eigenvalue weighted by molar-refractivity contribution is -0.302. The maximum Gasteiger partial charge on any atom is 0.220 e. The van der Waals surface area contributed by atoms with Gasteiger partial charge >= 0.3 is 0 Å². The van der Waals surface area contributed by atoms with E-state index in [0.29, 0.717) is 6.42 Å². The van der Waals surface area contributed by atoms with Crippen molar-refractivity contribution >= 4 is 5.91 Å². The van der Waals surface area contributed by atoms with Crippen LogP contribution in [0, 0.1) is 0 Å². The lowest BCUT2D eigenvalue weighted by atomic mass is 9.99. The number of allylic oxidation sites excluding steroid dienone is 7. The Morgan fingerprint density at radius 3 is 1.41 bits per heavy atom. The Morgan fingerprint density at radius 2 is 0.938 bits per heavy atom. The van der Waals surface area contributed by atoms with Crippen molar-refractivity contribution in [1.29, 1.82) is 0 Å². The SMILES string of the molecule is CCCCCCC/C=C\C/C=C\CCCCCCCCCCCCCCCCCCCC(=O)NC(COC1OC(CO)C(O)C(O)C1O)C(O)/C=C/CC/C=C/CCCCCCCC. The first-order valence-electron chi connectivity index (χ1n) is 26.9. The zero-order valence-corrected chi connectivity index (χ0v) is 41.3. The average molecular weight is 904 g/mol. The van der Waals surface area contributed by atoms with Gasteiger partial charge in [-0.3, -0.25) is 4.79 Å². The topological polar surface area (TPSA) is 149 Å². The van der Waals surface area contributed by atoms with Crippen LogP contribution in [0.3, 0.4) is 0 Å². The monoisotopic (exact) mass is 904 g/mol. The number of rotatable bonds is 45. The van der Waals surface area contributed by atoms with E-state index in [1.165, 1.54) is 173 Å². The number of ether oxygens (including phenoxy) is 2. The highest BCUT2D eigenvalue weighted by atomic mass is 16.7. The van der Waals surface area contributed by atoms with Gasteiger partial charge in [-0.15, -0.1) is 0 Å². The van der Waals surface area contributed by atoms with Gasteiger partial charge in [-0.25, -0.2) is 0 Å². The summed E-state index contributed by atoms with van der Waals surface area (Å²) in [5.41, 5.74) is 0. The van der Waals surface area contributed by atoms with Crippen LogP contribution in [-0.4, -0.2) is 87.5 Å². The number of aliphatic hydroxyl groups excluding tert-OH is 5. The van der Waals surface area contributed by atoms with Crippen molar-refractivity contribution in [1.82, 2.24) is 5.32 Å². The molecule has 1 heterocycles. The second kappa shape index (κ2) is 45.0. The molecule has 7 unspecified atom stereocenters. The van der Waals surface area contributed by atoms with Crippen LogP contribution < -0.4 is 5.32 Å². The standard InChI is InChI=1S/C55H101NO8/c1-3-5-7-9-11-13-15-17-18-19-20-21-22-23-24-25-26-27-28-29-30-31-32-33-35-37-39-41-43-45-51(59)56-48(47-63-55-54(62)53(61)52(60)50(46-57)64-55)49(58)44-42-40-38-36-34-16-14-12-10-8-6-4-2/h15,17,19-20,34,36,42,44,48-50,52-55,57-58,60-62H,3-14,16,18,21-33,35,37-41,43,45-47H2,1-2H3,(H,56,59)/b17-15-,20-19-,36-34+,44-42+. The molecule has 0 aromatic carbocycles. The maximum atomic E-state index is 13.0. The molecule has 1 fully saturated rings. The minimum atomic E-state index is -1.57. The van der Waals surface area contributed by atoms with E-state index in [1.807, 2.05) is 6.08 Å². The van der Waals surface area contributed by atoms with E-state index in [4.69, 9.17) is 9.47 Å². The zero-order chi connectivity index (χ0) is 46.6. The highest BCUT2D eigenvalue weighted by Gasteiger charge is 2.44. The van der Waals surface area contributed by atoms with Crippen molar-refractivity contribution < 1.29 is 39.8 Å². The molecular formula is C55H101NO8. The maximum absolute atomic E-state index is 13.0. The van der Waals surface area contributed by atoms with Crippen molar-refractivity contribution in [2.24, 2.45) is 0 Å². The number of amides is 1. The van der Waals surface area contributed by atoms with E-state index in [2.05, 4.69) is 55.6 Å². The largest absolute Gasteiger partial charge is 0.394 e. The van der Waals surface area contributed by atoms with Gasteiger partial charge in [-0.2, -0.15) is 0 Å². The van der Waals surface area contributed by atoms with Crippen LogP contribution >= 0.6 is 0 Å². The summed E-state index contributed by atoms with van der Waals surface area (Å²) in [5, 5.41) is 54.2. The Balaban J connectivity index is 2.17. The van der Waals surface area contributed by atoms with Gasteiger partial charge in [0.25, 0.3) is 0 Å². The lowest BCUT2D eigenvalue weighted by Crippen LogP contribution is -2.60. The number of nitrogens with one attached hydrogen (secondary N) is 1. The van der Waals surface area contributed by atoms with Gasteiger partial charge in [0, 0.05) is 6.42 Å². The molecule has 0 spiro atoms. The van der Waals surface area contributed by atoms with Crippen molar-refractivity contribution in [2.45, 2.75) is 281 Å². The molecule has 6 N–H and O–H groups in total. The average Bonchev–Trinajstić information content (AvgIpc) is 3.29. The van der Waals surface area contributed by atoms with Gasteiger partial charge in [-0.1, -0.05) is 217 Å². The van der Waals surface area contributed by atoms with E-state index in [1.54, 1.807) is 6.08 Å². The van der Waals surface area contributed by atoms with E-state index in [0.717, 1.165) is 44.9 Å². The highest BCUT2D eigenvalue weighted by Crippen LogP contribution is 2.23. The lowest BCUT2D eigenvalue weighted by Gasteiger charge is -2.40. The molecule has 0 aliphatic carbocycles. The van der Waals surface area contributed by atoms with E-state index in [9.17, 15) is 30.3 Å². The quantitative estimate of drug-likeness (QED) is 0.0261. The second-order valence-corrected chi connectivity index (χ2v) is 18.7. The first kappa shape index (κ1) is 60.2. The van der Waals surface area contributed by atoms with Crippen LogP contribution in [0.5, 0.6) is 0 Å². The van der Waals surface area contributed by atoms with E-state index < -0.39 is 49.5 Å². The molecule has 0 aromatic rings. The minimum absolute atomic E-state index is 0.187. The third kappa shape index (κ3) is 34.5. The fraction of sp³-hybridized carbons (Fsp3) is 0.836. The highest BCUT2D eigenvalue weighted by molar-refractivity contribution is 5.76. The van der Waals surface area contributed by atoms with Gasteiger partial charge in [0.1, 0.15) is 24.4 Å². The molecule has 0 bridgehead atoms. The van der Waals surface area contributed by atoms with Gasteiger partial charge in [0.15, 0.2) is 6.29 Å². The molecule has 9 nitrogen and oxygen atoms in total. The summed E-state index contributed by atoms with van der Waals surface area (Å²) in [7, 11) is 0. The molecule has 0 aromatic heterocycles. The van der Waals surface area contributed by atoms with E-state index >= 15 is 0 Å². The van der Waals surface area contributed by atoms with Crippen LogP contribution in [0.2, 0.25) is 0 Å². The van der Waals surface area contributed by atoms with Gasteiger partial charge in [-0.05, 0) is 64.2 Å². The molecular weight excluding hydrogens is 803 g/mol. The molecule has 1 saturated heterocycles. The van der Waals surface area contributed by atoms with Crippen molar-refractivity contribution in [3.63, 3.8) is 0 Å². The first-order valence-corrected chi connectivity index (χ1v) is 26.9. The molecule has 374 valence electrons. The summed E-state index contributed by atoms with van der Waals surface area (Å²) in [6.07, 6.45) is 51.8. The Hall–Kier alpha value is -1.85. The molecule has 1 aliphatic rings. The number of unbranched alkanes of at least 4 members (excludes halogenated alkanes) is 29. The normalized spacial score (nSPS) is 20.4. The van der Waals surface area contributed by atoms with Crippen LogP contribution in [0.1, 0.15) is 239 Å². The second-order valence-electron chi connectivity index (χ2n) is 18.7. The Bertz CT molecular complexity index is 1140. The zero-order valence-electron chi connectivity index (χ0n) is 41.3. The number of aliphatic hydroxyl groups is 5. The number of carbonyl (C=O) groups is 1. The minimum Gasteiger partial charge on any atom is -0.394 e. The predicted octanol–water partition coefficient (Wildman–Crippen LogP) is 12.6. The molecule has 1 amide bonds. The van der Waals surface area contributed by atoms with Crippen molar-refractivity contribution in [3.05, 3.63) is 48.6 Å². The molecule has 0 saturated carbocycles. The molecule has 7 atom stereocenters. The fourth-order valence-electron chi connectivity index (χ4n) is 8.32. The molecule has 1 aliphatic heterocycles. The molecule has 1 rings (SSSR count).